The maximum Gasteiger partial charge on any atom is 0.226 e. The maximum atomic E-state index is 5.96. The van der Waals surface area contributed by atoms with Gasteiger partial charge in [-0.3, -0.25) is 0 Å². The van der Waals surface area contributed by atoms with Crippen molar-refractivity contribution in [1.82, 2.24) is 4.98 Å². The summed E-state index contributed by atoms with van der Waals surface area (Å²) in [5, 5.41) is 2.39. The average molecular weight is 429 g/mol. The Balaban J connectivity index is 1.34. The number of hydrogen-bond donors (Lipinski definition) is 0. The number of aromatic nitrogens is 2. The van der Waals surface area contributed by atoms with Gasteiger partial charge >= 0.3 is 0 Å². The second kappa shape index (κ2) is 9.94. The zero-order chi connectivity index (χ0) is 21.5. The predicted octanol–water partition coefficient (Wildman–Crippen LogP) is 5.67. The number of aliphatic imine (C=N–C) groups is 1. The van der Waals surface area contributed by atoms with E-state index in [-0.39, 0.29) is 0 Å². The minimum Gasteiger partial charge on any atom is -0.497 e. The number of isothiocyanates is 1. The molecular formula is C25H22N3O2S+. The number of ether oxygens (including phenoxy) is 1. The van der Waals surface area contributed by atoms with Gasteiger partial charge in [-0.2, -0.15) is 4.99 Å². The lowest BCUT2D eigenvalue weighted by Gasteiger charge is -2.01. The van der Waals surface area contributed by atoms with Gasteiger partial charge in [-0.1, -0.05) is 12.1 Å². The van der Waals surface area contributed by atoms with E-state index in [2.05, 4.69) is 68.6 Å². The lowest BCUT2D eigenvalue weighted by atomic mass is 10.1. The van der Waals surface area contributed by atoms with Crippen LogP contribution >= 0.6 is 12.2 Å². The van der Waals surface area contributed by atoms with Gasteiger partial charge < -0.3 is 9.15 Å². The van der Waals surface area contributed by atoms with Gasteiger partial charge in [-0.05, 0) is 60.6 Å². The highest BCUT2D eigenvalue weighted by atomic mass is 32.1. The molecule has 0 amide bonds. The SMILES string of the molecule is COc1ccc(-c2ncc(-c3cc[n+](CCCc4ccc(N=C=S)cc4)cc3)o2)cc1. The summed E-state index contributed by atoms with van der Waals surface area (Å²) in [5.41, 5.74) is 4.04. The molecule has 31 heavy (non-hydrogen) atoms. The smallest absolute Gasteiger partial charge is 0.226 e. The Morgan fingerprint density at radius 2 is 1.74 bits per heavy atom. The van der Waals surface area contributed by atoms with Crippen molar-refractivity contribution in [3.63, 3.8) is 0 Å². The van der Waals surface area contributed by atoms with Crippen LogP contribution in [-0.2, 0) is 13.0 Å². The molecule has 0 bridgehead atoms. The molecule has 2 aromatic carbocycles. The summed E-state index contributed by atoms with van der Waals surface area (Å²) in [6.45, 7) is 0.938. The lowest BCUT2D eigenvalue weighted by Crippen LogP contribution is -2.32. The number of thiocarbonyl (C=S) groups is 1. The van der Waals surface area contributed by atoms with Crippen LogP contribution in [0, 0.1) is 0 Å². The van der Waals surface area contributed by atoms with E-state index in [0.29, 0.717) is 5.89 Å². The molecule has 0 spiro atoms. The van der Waals surface area contributed by atoms with Gasteiger partial charge in [0.05, 0.1) is 24.2 Å². The summed E-state index contributed by atoms with van der Waals surface area (Å²) >= 11 is 4.63. The first-order valence-electron chi connectivity index (χ1n) is 10.0. The van der Waals surface area contributed by atoms with Crippen LogP contribution in [0.25, 0.3) is 22.8 Å². The molecule has 0 aliphatic heterocycles. The van der Waals surface area contributed by atoms with Crippen LogP contribution in [0.5, 0.6) is 5.75 Å². The highest BCUT2D eigenvalue weighted by Gasteiger charge is 2.10. The standard InChI is InChI=1S/C25H22N3O2S/c1-29-23-10-6-21(7-11-23)25-26-17-24(30-25)20-12-15-28(16-13-20)14-2-3-19-4-8-22(9-5-19)27-18-31/h4-13,15-17H,2-3,14H2,1H3/q+1. The van der Waals surface area contributed by atoms with Crippen molar-refractivity contribution >= 4 is 23.1 Å². The normalized spacial score (nSPS) is 10.5. The Hall–Kier alpha value is -3.60. The van der Waals surface area contributed by atoms with Crippen molar-refractivity contribution in [1.29, 1.82) is 0 Å². The van der Waals surface area contributed by atoms with Gasteiger partial charge in [0, 0.05) is 29.7 Å². The summed E-state index contributed by atoms with van der Waals surface area (Å²) in [5.74, 6) is 2.15. The zero-order valence-corrected chi connectivity index (χ0v) is 18.0. The second-order valence-corrected chi connectivity index (χ2v) is 7.24. The average Bonchev–Trinajstić information content (AvgIpc) is 3.31. The number of nitrogens with zero attached hydrogens (tertiary/aromatic N) is 3. The van der Waals surface area contributed by atoms with E-state index in [1.807, 2.05) is 36.4 Å². The molecule has 154 valence electrons. The van der Waals surface area contributed by atoms with E-state index in [1.165, 1.54) is 5.56 Å². The molecule has 5 nitrogen and oxygen atoms in total. The molecule has 0 unspecified atom stereocenters. The molecule has 6 heteroatoms. The second-order valence-electron chi connectivity index (χ2n) is 7.06. The van der Waals surface area contributed by atoms with Gasteiger partial charge in [0.25, 0.3) is 0 Å². The van der Waals surface area contributed by atoms with Gasteiger partial charge in [0.2, 0.25) is 5.89 Å². The zero-order valence-electron chi connectivity index (χ0n) is 17.2. The number of methoxy groups -OCH3 is 1. The molecule has 0 fully saturated rings. The summed E-state index contributed by atoms with van der Waals surface area (Å²) in [7, 11) is 1.65. The molecule has 0 saturated heterocycles. The fourth-order valence-corrected chi connectivity index (χ4v) is 3.41. The van der Waals surface area contributed by atoms with Crippen molar-refractivity contribution in [3.05, 3.63) is 84.8 Å². The Labute approximate surface area is 186 Å². The first-order chi connectivity index (χ1) is 15.2. The molecule has 0 atom stereocenters. The summed E-state index contributed by atoms with van der Waals surface area (Å²) in [6.07, 6.45) is 7.95. The molecule has 4 rings (SSSR count). The number of aryl methyl sites for hydroxylation is 2. The van der Waals surface area contributed by atoms with Gasteiger partial charge in [0.1, 0.15) is 12.3 Å². The van der Waals surface area contributed by atoms with E-state index in [4.69, 9.17) is 9.15 Å². The van der Waals surface area contributed by atoms with Gasteiger partial charge in [-0.15, -0.1) is 0 Å². The highest BCUT2D eigenvalue weighted by Crippen LogP contribution is 2.26. The molecule has 0 radical (unpaired) electrons. The lowest BCUT2D eigenvalue weighted by molar-refractivity contribution is -0.697. The number of hydrogen-bond acceptors (Lipinski definition) is 5. The fourth-order valence-electron chi connectivity index (χ4n) is 3.30. The van der Waals surface area contributed by atoms with E-state index >= 15 is 0 Å². The minimum absolute atomic E-state index is 0.594. The number of rotatable bonds is 8. The highest BCUT2D eigenvalue weighted by molar-refractivity contribution is 7.78. The number of benzene rings is 2. The fraction of sp³-hybridized carbons (Fsp3) is 0.160. The largest absolute Gasteiger partial charge is 0.497 e. The third kappa shape index (κ3) is 5.31. The van der Waals surface area contributed by atoms with Crippen molar-refractivity contribution in [2.75, 3.05) is 7.11 Å². The number of pyridine rings is 1. The van der Waals surface area contributed by atoms with Crippen LogP contribution in [0.4, 0.5) is 5.69 Å². The van der Waals surface area contributed by atoms with Crippen molar-refractivity contribution < 1.29 is 13.7 Å². The van der Waals surface area contributed by atoms with Crippen LogP contribution in [0.15, 0.2) is 88.7 Å². The molecule has 2 heterocycles. The first kappa shape index (κ1) is 20.7. The van der Waals surface area contributed by atoms with E-state index in [0.717, 1.165) is 47.7 Å². The third-order valence-corrected chi connectivity index (χ3v) is 5.10. The molecule has 0 aliphatic rings. The number of oxazole rings is 1. The minimum atomic E-state index is 0.594. The monoisotopic (exact) mass is 428 g/mol. The Morgan fingerprint density at radius 3 is 2.42 bits per heavy atom. The summed E-state index contributed by atoms with van der Waals surface area (Å²) in [4.78, 5) is 8.39. The molecule has 0 saturated carbocycles. The van der Waals surface area contributed by atoms with Gasteiger partial charge in [-0.25, -0.2) is 9.55 Å². The van der Waals surface area contributed by atoms with Crippen LogP contribution in [0.3, 0.4) is 0 Å². The molecule has 4 aromatic rings. The van der Waals surface area contributed by atoms with E-state index in [1.54, 1.807) is 13.3 Å². The third-order valence-electron chi connectivity index (χ3n) is 5.01. The summed E-state index contributed by atoms with van der Waals surface area (Å²) in [6, 6.07) is 19.9. The topological polar surface area (TPSA) is 51.5 Å². The van der Waals surface area contributed by atoms with Crippen molar-refractivity contribution in [3.8, 4) is 28.5 Å². The van der Waals surface area contributed by atoms with Crippen LogP contribution in [-0.4, -0.2) is 17.3 Å². The van der Waals surface area contributed by atoms with Crippen molar-refractivity contribution in [2.24, 2.45) is 4.99 Å². The molecule has 0 N–H and O–H groups in total. The van der Waals surface area contributed by atoms with E-state index in [9.17, 15) is 0 Å². The first-order valence-corrected chi connectivity index (χ1v) is 10.4. The molecule has 2 aromatic heterocycles. The van der Waals surface area contributed by atoms with E-state index < -0.39 is 0 Å². The van der Waals surface area contributed by atoms with Crippen LogP contribution in [0.1, 0.15) is 12.0 Å². The van der Waals surface area contributed by atoms with Crippen LogP contribution in [0.2, 0.25) is 0 Å². The van der Waals surface area contributed by atoms with Gasteiger partial charge in [0.15, 0.2) is 18.2 Å². The van der Waals surface area contributed by atoms with Crippen molar-refractivity contribution in [2.45, 2.75) is 19.4 Å². The molecule has 0 aliphatic carbocycles. The Bertz CT molecular complexity index is 1180. The Morgan fingerprint density at radius 1 is 1.00 bits per heavy atom. The van der Waals surface area contributed by atoms with Crippen LogP contribution < -0.4 is 9.30 Å². The predicted molar refractivity (Wildman–Crippen MR) is 124 cm³/mol. The maximum absolute atomic E-state index is 5.96. The Kier molecular flexibility index (Phi) is 6.62. The summed E-state index contributed by atoms with van der Waals surface area (Å²) < 4.78 is 13.3. The quantitative estimate of drug-likeness (QED) is 0.206. The molecular weight excluding hydrogens is 406 g/mol.